The molecule has 0 amide bonds. The molecule has 0 aliphatic carbocycles. The second-order valence-corrected chi connectivity index (χ2v) is 7.20. The topological polar surface area (TPSA) is 0 Å². The summed E-state index contributed by atoms with van der Waals surface area (Å²) in [5.41, 5.74) is 0.393. The molecule has 1 rings (SSSR count). The van der Waals surface area contributed by atoms with Crippen LogP contribution < -0.4 is 0 Å². The van der Waals surface area contributed by atoms with Crippen molar-refractivity contribution in [2.45, 2.75) is 45.4 Å². The van der Waals surface area contributed by atoms with Crippen LogP contribution in [0.3, 0.4) is 0 Å². The van der Waals surface area contributed by atoms with Gasteiger partial charge in [0.05, 0.1) is 0 Å². The molecule has 0 spiro atoms. The van der Waals surface area contributed by atoms with Crippen LogP contribution in [-0.4, -0.2) is 0 Å². The van der Waals surface area contributed by atoms with E-state index in [0.29, 0.717) is 10.2 Å². The van der Waals surface area contributed by atoms with Gasteiger partial charge in [0.15, 0.2) is 0 Å². The maximum Gasteiger partial charge on any atom is 0.0494 e. The summed E-state index contributed by atoms with van der Waals surface area (Å²) < 4.78 is 0. The van der Waals surface area contributed by atoms with E-state index in [1.54, 1.807) is 0 Å². The lowest BCUT2D eigenvalue weighted by molar-refractivity contribution is 0.378. The standard InChI is InChI=1S/C12H19BrS/c1-5-9-6-7-11(14-9)10(13)8-12(2,3)4/h6-7,10H,5,8H2,1-4H3. The quantitative estimate of drug-likeness (QED) is 0.666. The van der Waals surface area contributed by atoms with Crippen LogP contribution in [0, 0.1) is 5.41 Å². The Morgan fingerprint density at radius 1 is 1.36 bits per heavy atom. The Bertz CT molecular complexity index is 283. The van der Waals surface area contributed by atoms with Crippen molar-refractivity contribution in [3.63, 3.8) is 0 Å². The van der Waals surface area contributed by atoms with Gasteiger partial charge in [-0.3, -0.25) is 0 Å². The number of alkyl halides is 1. The Kier molecular flexibility index (Phi) is 4.20. The highest BCUT2D eigenvalue weighted by Gasteiger charge is 2.18. The minimum absolute atomic E-state index is 0.393. The minimum Gasteiger partial charge on any atom is -0.144 e. The molecule has 1 atom stereocenters. The van der Waals surface area contributed by atoms with Crippen LogP contribution in [0.4, 0.5) is 0 Å². The average molecular weight is 275 g/mol. The van der Waals surface area contributed by atoms with E-state index in [2.05, 4.69) is 55.8 Å². The van der Waals surface area contributed by atoms with Crippen LogP contribution in [0.15, 0.2) is 12.1 Å². The fourth-order valence-corrected chi connectivity index (χ4v) is 3.73. The normalized spacial score (nSPS) is 14.4. The van der Waals surface area contributed by atoms with Crippen LogP contribution in [0.25, 0.3) is 0 Å². The predicted octanol–water partition coefficient (Wildman–Crippen LogP) is 5.18. The Balaban J connectivity index is 2.65. The van der Waals surface area contributed by atoms with Crippen LogP contribution in [0.1, 0.15) is 48.7 Å². The number of hydrogen-bond donors (Lipinski definition) is 0. The van der Waals surface area contributed by atoms with E-state index in [1.807, 2.05) is 11.3 Å². The Morgan fingerprint density at radius 2 is 2.00 bits per heavy atom. The van der Waals surface area contributed by atoms with Gasteiger partial charge >= 0.3 is 0 Å². The highest BCUT2D eigenvalue weighted by Crippen LogP contribution is 2.38. The molecule has 0 saturated carbocycles. The molecule has 80 valence electrons. The largest absolute Gasteiger partial charge is 0.144 e. The first-order chi connectivity index (χ1) is 6.42. The highest BCUT2D eigenvalue weighted by molar-refractivity contribution is 9.09. The van der Waals surface area contributed by atoms with Crippen molar-refractivity contribution in [3.8, 4) is 0 Å². The molecule has 0 N–H and O–H groups in total. The van der Waals surface area contributed by atoms with Gasteiger partial charge in [0, 0.05) is 14.6 Å². The van der Waals surface area contributed by atoms with Crippen LogP contribution >= 0.6 is 27.3 Å². The number of halogens is 1. The monoisotopic (exact) mass is 274 g/mol. The van der Waals surface area contributed by atoms with Gasteiger partial charge in [0.1, 0.15) is 0 Å². The third-order valence-electron chi connectivity index (χ3n) is 2.13. The lowest BCUT2D eigenvalue weighted by Gasteiger charge is -2.21. The fourth-order valence-electron chi connectivity index (χ4n) is 1.39. The van der Waals surface area contributed by atoms with Gasteiger partial charge in [-0.2, -0.15) is 0 Å². The van der Waals surface area contributed by atoms with Crippen molar-refractivity contribution in [1.29, 1.82) is 0 Å². The molecule has 1 aromatic rings. The molecule has 0 fully saturated rings. The predicted molar refractivity (Wildman–Crippen MR) is 69.4 cm³/mol. The first-order valence-electron chi connectivity index (χ1n) is 5.15. The van der Waals surface area contributed by atoms with Gasteiger partial charge in [0.2, 0.25) is 0 Å². The molecular formula is C12H19BrS. The lowest BCUT2D eigenvalue weighted by Crippen LogP contribution is -2.07. The van der Waals surface area contributed by atoms with Gasteiger partial charge in [-0.1, -0.05) is 43.6 Å². The van der Waals surface area contributed by atoms with Crippen molar-refractivity contribution in [1.82, 2.24) is 0 Å². The molecule has 1 unspecified atom stereocenters. The molecule has 0 aromatic carbocycles. The number of thiophene rings is 1. The zero-order valence-corrected chi connectivity index (χ0v) is 11.8. The summed E-state index contributed by atoms with van der Waals surface area (Å²) >= 11 is 5.71. The maximum atomic E-state index is 3.77. The minimum atomic E-state index is 0.393. The summed E-state index contributed by atoms with van der Waals surface area (Å²) in [5.74, 6) is 0. The number of hydrogen-bond acceptors (Lipinski definition) is 1. The number of aryl methyl sites for hydroxylation is 1. The molecule has 0 bridgehead atoms. The average Bonchev–Trinajstić information content (AvgIpc) is 2.48. The van der Waals surface area contributed by atoms with Crippen LogP contribution in [0.5, 0.6) is 0 Å². The van der Waals surface area contributed by atoms with E-state index < -0.39 is 0 Å². The van der Waals surface area contributed by atoms with E-state index in [-0.39, 0.29) is 0 Å². The summed E-state index contributed by atoms with van der Waals surface area (Å²) in [5, 5.41) is 0. The molecule has 14 heavy (non-hydrogen) atoms. The van der Waals surface area contributed by atoms with E-state index in [0.717, 1.165) is 6.42 Å². The van der Waals surface area contributed by atoms with E-state index in [4.69, 9.17) is 0 Å². The molecule has 1 heterocycles. The molecule has 0 saturated heterocycles. The summed E-state index contributed by atoms with van der Waals surface area (Å²) in [6.07, 6.45) is 2.34. The fraction of sp³-hybridized carbons (Fsp3) is 0.667. The van der Waals surface area contributed by atoms with Crippen molar-refractivity contribution in [3.05, 3.63) is 21.9 Å². The smallest absolute Gasteiger partial charge is 0.0494 e. The Hall–Kier alpha value is 0.180. The summed E-state index contributed by atoms with van der Waals surface area (Å²) in [7, 11) is 0. The summed E-state index contributed by atoms with van der Waals surface area (Å²) in [6.45, 7) is 9.07. The summed E-state index contributed by atoms with van der Waals surface area (Å²) in [6, 6.07) is 4.51. The third-order valence-corrected chi connectivity index (χ3v) is 4.59. The first kappa shape index (κ1) is 12.3. The van der Waals surface area contributed by atoms with Crippen molar-refractivity contribution in [2.75, 3.05) is 0 Å². The van der Waals surface area contributed by atoms with Crippen LogP contribution in [-0.2, 0) is 6.42 Å². The summed E-state index contributed by atoms with van der Waals surface area (Å²) in [4.78, 5) is 3.47. The maximum absolute atomic E-state index is 3.77. The third kappa shape index (κ3) is 3.74. The molecule has 1 aromatic heterocycles. The zero-order valence-electron chi connectivity index (χ0n) is 9.43. The Labute approximate surface area is 99.9 Å². The number of rotatable bonds is 3. The van der Waals surface area contributed by atoms with E-state index in [9.17, 15) is 0 Å². The van der Waals surface area contributed by atoms with Gasteiger partial charge < -0.3 is 0 Å². The van der Waals surface area contributed by atoms with E-state index >= 15 is 0 Å². The zero-order chi connectivity index (χ0) is 10.8. The molecule has 0 radical (unpaired) electrons. The van der Waals surface area contributed by atoms with Crippen molar-refractivity contribution in [2.24, 2.45) is 5.41 Å². The van der Waals surface area contributed by atoms with Gasteiger partial charge in [-0.15, -0.1) is 11.3 Å². The van der Waals surface area contributed by atoms with Crippen molar-refractivity contribution < 1.29 is 0 Å². The molecule has 0 aliphatic heterocycles. The molecule has 0 nitrogen and oxygen atoms in total. The lowest BCUT2D eigenvalue weighted by atomic mass is 9.90. The first-order valence-corrected chi connectivity index (χ1v) is 6.88. The van der Waals surface area contributed by atoms with Crippen molar-refractivity contribution >= 4 is 27.3 Å². The van der Waals surface area contributed by atoms with Gasteiger partial charge in [-0.05, 0) is 30.4 Å². The highest BCUT2D eigenvalue weighted by atomic mass is 79.9. The molecule has 2 heteroatoms. The molecular weight excluding hydrogens is 256 g/mol. The second kappa shape index (κ2) is 4.80. The SMILES string of the molecule is CCc1ccc(C(Br)CC(C)(C)C)s1. The second-order valence-electron chi connectivity index (χ2n) is 4.89. The Morgan fingerprint density at radius 3 is 2.43 bits per heavy atom. The van der Waals surface area contributed by atoms with E-state index in [1.165, 1.54) is 16.2 Å². The van der Waals surface area contributed by atoms with Crippen LogP contribution in [0.2, 0.25) is 0 Å². The van der Waals surface area contributed by atoms with Gasteiger partial charge in [0.25, 0.3) is 0 Å². The molecule has 0 aliphatic rings. The van der Waals surface area contributed by atoms with Gasteiger partial charge in [-0.25, -0.2) is 0 Å².